The van der Waals surface area contributed by atoms with Crippen LogP contribution >= 0.6 is 0 Å². The Kier molecular flexibility index (Phi) is 6.26. The lowest BCUT2D eigenvalue weighted by molar-refractivity contribution is 0.141. The summed E-state index contributed by atoms with van der Waals surface area (Å²) < 4.78 is 0. The lowest BCUT2D eigenvalue weighted by Crippen LogP contribution is -2.41. The lowest BCUT2D eigenvalue weighted by atomic mass is 9.86. The molecule has 0 aromatic heterocycles. The highest BCUT2D eigenvalue weighted by Gasteiger charge is 2.22. The maximum Gasteiger partial charge on any atom is 0.0108 e. The van der Waals surface area contributed by atoms with Gasteiger partial charge in [-0.1, -0.05) is 20.3 Å². The van der Waals surface area contributed by atoms with Crippen molar-refractivity contribution in [2.24, 2.45) is 11.7 Å². The van der Waals surface area contributed by atoms with Crippen LogP contribution in [-0.4, -0.2) is 30.6 Å². The van der Waals surface area contributed by atoms with Crippen LogP contribution in [0.3, 0.4) is 0 Å². The van der Waals surface area contributed by atoms with Crippen molar-refractivity contribution in [1.82, 2.24) is 4.90 Å². The van der Waals surface area contributed by atoms with Crippen molar-refractivity contribution in [3.8, 4) is 0 Å². The molecule has 1 fully saturated rings. The number of hydrogen-bond donors (Lipinski definition) is 1. The molecule has 1 rings (SSSR count). The van der Waals surface area contributed by atoms with Crippen molar-refractivity contribution >= 4 is 0 Å². The molecule has 0 aliphatic heterocycles. The molecule has 0 saturated heterocycles. The van der Waals surface area contributed by atoms with Gasteiger partial charge in [-0.2, -0.15) is 0 Å². The first-order valence-corrected chi connectivity index (χ1v) is 6.72. The van der Waals surface area contributed by atoms with Crippen molar-refractivity contribution in [2.75, 3.05) is 19.6 Å². The molecule has 0 aromatic carbocycles. The van der Waals surface area contributed by atoms with Gasteiger partial charge < -0.3 is 5.73 Å². The van der Waals surface area contributed by atoms with Crippen LogP contribution in [0.15, 0.2) is 0 Å². The van der Waals surface area contributed by atoms with Gasteiger partial charge in [0.15, 0.2) is 0 Å². The fraction of sp³-hybridized carbons (Fsp3) is 1.00. The Labute approximate surface area is 95.2 Å². The molecular weight excluding hydrogens is 184 g/mol. The summed E-state index contributed by atoms with van der Waals surface area (Å²) in [5.41, 5.74) is 5.69. The molecule has 90 valence electrons. The Morgan fingerprint density at radius 3 is 2.33 bits per heavy atom. The zero-order valence-corrected chi connectivity index (χ0v) is 10.5. The third-order valence-electron chi connectivity index (χ3n) is 3.72. The van der Waals surface area contributed by atoms with E-state index in [2.05, 4.69) is 18.7 Å². The van der Waals surface area contributed by atoms with E-state index >= 15 is 0 Å². The van der Waals surface area contributed by atoms with Crippen LogP contribution < -0.4 is 5.73 Å². The number of nitrogens with two attached hydrogens (primary N) is 1. The van der Waals surface area contributed by atoms with Gasteiger partial charge in [0, 0.05) is 19.1 Å². The van der Waals surface area contributed by atoms with E-state index in [9.17, 15) is 0 Å². The van der Waals surface area contributed by atoms with Gasteiger partial charge in [-0.3, -0.25) is 4.90 Å². The highest BCUT2D eigenvalue weighted by molar-refractivity contribution is 4.78. The fourth-order valence-corrected chi connectivity index (χ4v) is 2.61. The molecule has 0 spiro atoms. The lowest BCUT2D eigenvalue weighted by Gasteiger charge is -2.36. The van der Waals surface area contributed by atoms with Crippen LogP contribution in [0.5, 0.6) is 0 Å². The van der Waals surface area contributed by atoms with Gasteiger partial charge in [0.2, 0.25) is 0 Å². The average molecular weight is 212 g/mol. The standard InChI is InChI=1S/C13H28N2/c1-3-4-10-15(11-9-14)13-7-5-12(2)6-8-13/h12-13H,3-11,14H2,1-2H3. The second-order valence-electron chi connectivity index (χ2n) is 5.09. The van der Waals surface area contributed by atoms with E-state index in [1.165, 1.54) is 45.1 Å². The third-order valence-corrected chi connectivity index (χ3v) is 3.72. The van der Waals surface area contributed by atoms with Gasteiger partial charge in [-0.05, 0) is 44.6 Å². The van der Waals surface area contributed by atoms with Crippen LogP contribution in [0.1, 0.15) is 52.4 Å². The van der Waals surface area contributed by atoms with E-state index in [-0.39, 0.29) is 0 Å². The molecule has 2 nitrogen and oxygen atoms in total. The summed E-state index contributed by atoms with van der Waals surface area (Å²) in [7, 11) is 0. The minimum Gasteiger partial charge on any atom is -0.329 e. The van der Waals surface area contributed by atoms with Gasteiger partial charge in [-0.15, -0.1) is 0 Å². The fourth-order valence-electron chi connectivity index (χ4n) is 2.61. The van der Waals surface area contributed by atoms with E-state index < -0.39 is 0 Å². The second-order valence-corrected chi connectivity index (χ2v) is 5.09. The molecule has 15 heavy (non-hydrogen) atoms. The zero-order chi connectivity index (χ0) is 11.1. The Balaban J connectivity index is 2.33. The Hall–Kier alpha value is -0.0800. The first kappa shape index (κ1) is 13.0. The summed E-state index contributed by atoms with van der Waals surface area (Å²) in [5.74, 6) is 0.951. The molecule has 0 heterocycles. The molecule has 0 atom stereocenters. The smallest absolute Gasteiger partial charge is 0.0108 e. The molecular formula is C13H28N2. The van der Waals surface area contributed by atoms with E-state index in [1.807, 2.05) is 0 Å². The van der Waals surface area contributed by atoms with Crippen LogP contribution in [0.4, 0.5) is 0 Å². The van der Waals surface area contributed by atoms with Crippen LogP contribution in [0, 0.1) is 5.92 Å². The normalized spacial score (nSPS) is 27.2. The molecule has 2 heteroatoms. The van der Waals surface area contributed by atoms with Gasteiger partial charge in [0.1, 0.15) is 0 Å². The van der Waals surface area contributed by atoms with Gasteiger partial charge >= 0.3 is 0 Å². The molecule has 0 bridgehead atoms. The van der Waals surface area contributed by atoms with Crippen molar-refractivity contribution in [1.29, 1.82) is 0 Å². The molecule has 0 radical (unpaired) electrons. The van der Waals surface area contributed by atoms with Gasteiger partial charge in [0.25, 0.3) is 0 Å². The number of rotatable bonds is 6. The summed E-state index contributed by atoms with van der Waals surface area (Å²) in [6, 6.07) is 0.830. The highest BCUT2D eigenvalue weighted by atomic mass is 15.2. The first-order valence-electron chi connectivity index (χ1n) is 6.72. The van der Waals surface area contributed by atoms with Crippen molar-refractivity contribution < 1.29 is 0 Å². The maximum absolute atomic E-state index is 5.69. The van der Waals surface area contributed by atoms with Crippen LogP contribution in [0.2, 0.25) is 0 Å². The number of hydrogen-bond acceptors (Lipinski definition) is 2. The second kappa shape index (κ2) is 7.24. The van der Waals surface area contributed by atoms with E-state index in [1.54, 1.807) is 0 Å². The minimum atomic E-state index is 0.815. The van der Waals surface area contributed by atoms with Crippen LogP contribution in [0.25, 0.3) is 0 Å². The average Bonchev–Trinajstić information content (AvgIpc) is 2.25. The SMILES string of the molecule is CCCCN(CCN)C1CCC(C)CC1. The van der Waals surface area contributed by atoms with Crippen molar-refractivity contribution in [3.63, 3.8) is 0 Å². The molecule has 1 saturated carbocycles. The molecule has 2 N–H and O–H groups in total. The zero-order valence-electron chi connectivity index (χ0n) is 10.5. The maximum atomic E-state index is 5.69. The largest absolute Gasteiger partial charge is 0.329 e. The topological polar surface area (TPSA) is 29.3 Å². The quantitative estimate of drug-likeness (QED) is 0.733. The Morgan fingerprint density at radius 2 is 1.80 bits per heavy atom. The highest BCUT2D eigenvalue weighted by Crippen LogP contribution is 2.27. The van der Waals surface area contributed by atoms with Gasteiger partial charge in [0.05, 0.1) is 0 Å². The van der Waals surface area contributed by atoms with E-state index in [4.69, 9.17) is 5.73 Å². The number of unbranched alkanes of at least 4 members (excludes halogenated alkanes) is 1. The molecule has 0 amide bonds. The van der Waals surface area contributed by atoms with Gasteiger partial charge in [-0.25, -0.2) is 0 Å². The van der Waals surface area contributed by atoms with Crippen LogP contribution in [-0.2, 0) is 0 Å². The molecule has 0 aromatic rings. The monoisotopic (exact) mass is 212 g/mol. The predicted octanol–water partition coefficient (Wildman–Crippen LogP) is 2.63. The predicted molar refractivity (Wildman–Crippen MR) is 67.0 cm³/mol. The van der Waals surface area contributed by atoms with Crippen molar-refractivity contribution in [2.45, 2.75) is 58.4 Å². The summed E-state index contributed by atoms with van der Waals surface area (Å²) in [5, 5.41) is 0. The van der Waals surface area contributed by atoms with E-state index in [0.29, 0.717) is 0 Å². The van der Waals surface area contributed by atoms with E-state index in [0.717, 1.165) is 25.0 Å². The Bertz CT molecular complexity index is 151. The van der Waals surface area contributed by atoms with Crippen molar-refractivity contribution in [3.05, 3.63) is 0 Å². The Morgan fingerprint density at radius 1 is 1.13 bits per heavy atom. The molecule has 0 unspecified atom stereocenters. The number of nitrogens with zero attached hydrogens (tertiary/aromatic N) is 1. The summed E-state index contributed by atoms with van der Waals surface area (Å²) in [6.45, 7) is 7.82. The summed E-state index contributed by atoms with van der Waals surface area (Å²) in [6.07, 6.45) is 8.24. The first-order chi connectivity index (χ1) is 7.27. The summed E-state index contributed by atoms with van der Waals surface area (Å²) >= 11 is 0. The molecule has 1 aliphatic rings. The summed E-state index contributed by atoms with van der Waals surface area (Å²) in [4.78, 5) is 2.63. The minimum absolute atomic E-state index is 0.815. The third kappa shape index (κ3) is 4.52. The molecule has 1 aliphatic carbocycles.